The maximum absolute atomic E-state index is 4.84. The smallest absolute Gasteiger partial charge is 0.128 e. The van der Waals surface area contributed by atoms with Crippen molar-refractivity contribution in [1.29, 1.82) is 0 Å². The Labute approximate surface area is 129 Å². The number of pyridine rings is 1. The molecule has 0 amide bonds. The Balaban J connectivity index is 2.05. The van der Waals surface area contributed by atoms with E-state index in [0.29, 0.717) is 12.1 Å². The Morgan fingerprint density at radius 1 is 1.33 bits per heavy atom. The number of anilines is 1. The summed E-state index contributed by atoms with van der Waals surface area (Å²) in [5.74, 6) is 1.13. The first-order valence-electron chi connectivity index (χ1n) is 8.16. The molecule has 4 nitrogen and oxygen atoms in total. The number of hydrogen-bond acceptors (Lipinski definition) is 4. The molecule has 0 aromatic carbocycles. The second-order valence-corrected chi connectivity index (χ2v) is 6.44. The van der Waals surface area contributed by atoms with Crippen molar-refractivity contribution in [2.45, 2.75) is 52.7 Å². The van der Waals surface area contributed by atoms with Crippen molar-refractivity contribution in [3.63, 3.8) is 0 Å². The van der Waals surface area contributed by atoms with Crippen LogP contribution in [0.4, 0.5) is 5.82 Å². The molecule has 1 aliphatic heterocycles. The van der Waals surface area contributed by atoms with E-state index in [1.807, 2.05) is 0 Å². The average Bonchev–Trinajstić information content (AvgIpc) is 2.46. The monoisotopic (exact) mass is 290 g/mol. The van der Waals surface area contributed by atoms with Crippen molar-refractivity contribution in [1.82, 2.24) is 15.2 Å². The summed E-state index contributed by atoms with van der Waals surface area (Å²) < 4.78 is 0. The van der Waals surface area contributed by atoms with Crippen molar-refractivity contribution in [3.8, 4) is 0 Å². The zero-order valence-electron chi connectivity index (χ0n) is 14.2. The number of aromatic nitrogens is 1. The molecule has 1 N–H and O–H groups in total. The predicted molar refractivity (Wildman–Crippen MR) is 89.9 cm³/mol. The third kappa shape index (κ3) is 4.17. The Morgan fingerprint density at radius 2 is 2.10 bits per heavy atom. The normalized spacial score (nSPS) is 20.3. The second kappa shape index (κ2) is 7.23. The molecular weight excluding hydrogens is 260 g/mol. The van der Waals surface area contributed by atoms with Crippen LogP contribution in [0.1, 0.15) is 38.4 Å². The molecular formula is C17H30N4. The average molecular weight is 290 g/mol. The van der Waals surface area contributed by atoms with Crippen molar-refractivity contribution in [2.24, 2.45) is 0 Å². The fraction of sp³-hybridized carbons (Fsp3) is 0.706. The maximum Gasteiger partial charge on any atom is 0.128 e. The minimum atomic E-state index is 0.507. The highest BCUT2D eigenvalue weighted by Crippen LogP contribution is 2.19. The number of hydrogen-bond donors (Lipinski definition) is 1. The van der Waals surface area contributed by atoms with E-state index in [9.17, 15) is 0 Å². The van der Waals surface area contributed by atoms with Crippen LogP contribution in [0.3, 0.4) is 0 Å². The molecule has 0 radical (unpaired) electrons. The van der Waals surface area contributed by atoms with Crippen LogP contribution >= 0.6 is 0 Å². The van der Waals surface area contributed by atoms with Crippen molar-refractivity contribution < 1.29 is 0 Å². The van der Waals surface area contributed by atoms with Gasteiger partial charge in [-0.3, -0.25) is 4.90 Å². The van der Waals surface area contributed by atoms with Crippen LogP contribution in [-0.4, -0.2) is 48.6 Å². The second-order valence-electron chi connectivity index (χ2n) is 6.44. The first-order valence-corrected chi connectivity index (χ1v) is 8.16. The lowest BCUT2D eigenvalue weighted by Crippen LogP contribution is -2.51. The van der Waals surface area contributed by atoms with Crippen LogP contribution in [0, 0.1) is 6.92 Å². The van der Waals surface area contributed by atoms with E-state index in [0.717, 1.165) is 37.7 Å². The molecule has 1 aliphatic rings. The summed E-state index contributed by atoms with van der Waals surface area (Å²) in [6.45, 7) is 12.9. The van der Waals surface area contributed by atoms with Crippen LogP contribution in [0.2, 0.25) is 0 Å². The van der Waals surface area contributed by atoms with Crippen molar-refractivity contribution >= 4 is 5.82 Å². The molecule has 1 atom stereocenters. The van der Waals surface area contributed by atoms with Gasteiger partial charge in [-0.05, 0) is 32.0 Å². The fourth-order valence-electron chi connectivity index (χ4n) is 2.85. The molecule has 2 rings (SSSR count). The summed E-state index contributed by atoms with van der Waals surface area (Å²) in [6.07, 6.45) is 1.20. The molecule has 0 bridgehead atoms. The largest absolute Gasteiger partial charge is 0.354 e. The third-order valence-electron chi connectivity index (χ3n) is 4.45. The minimum Gasteiger partial charge on any atom is -0.354 e. The van der Waals surface area contributed by atoms with Crippen LogP contribution < -0.4 is 10.2 Å². The highest BCUT2D eigenvalue weighted by molar-refractivity contribution is 5.42. The van der Waals surface area contributed by atoms with Crippen LogP contribution in [0.25, 0.3) is 0 Å². The van der Waals surface area contributed by atoms with E-state index in [1.165, 1.54) is 12.0 Å². The predicted octanol–water partition coefficient (Wildman–Crippen LogP) is 2.42. The van der Waals surface area contributed by atoms with E-state index in [-0.39, 0.29) is 0 Å². The highest BCUT2D eigenvalue weighted by Gasteiger charge is 2.23. The molecule has 1 aromatic rings. The standard InChI is InChI=1S/C17H30N4/c1-6-16-12-21(10-9-20(16)5)17-8-7-15(14(4)19-17)11-18-13(2)3/h7-8,13,16,18H,6,9-12H2,1-5H3. The topological polar surface area (TPSA) is 31.4 Å². The fourth-order valence-corrected chi connectivity index (χ4v) is 2.85. The Bertz CT molecular complexity index is 458. The highest BCUT2D eigenvalue weighted by atomic mass is 15.3. The molecule has 0 aliphatic carbocycles. The molecule has 0 saturated carbocycles. The van der Waals surface area contributed by atoms with Crippen LogP contribution in [-0.2, 0) is 6.54 Å². The van der Waals surface area contributed by atoms with E-state index < -0.39 is 0 Å². The van der Waals surface area contributed by atoms with Gasteiger partial charge in [-0.15, -0.1) is 0 Å². The Kier molecular flexibility index (Phi) is 5.59. The summed E-state index contributed by atoms with van der Waals surface area (Å²) >= 11 is 0. The van der Waals surface area contributed by atoms with E-state index in [2.05, 4.69) is 62.0 Å². The first-order chi connectivity index (χ1) is 10.0. The maximum atomic E-state index is 4.84. The molecule has 0 spiro atoms. The molecule has 21 heavy (non-hydrogen) atoms. The number of rotatable bonds is 5. The molecule has 1 aromatic heterocycles. The Morgan fingerprint density at radius 3 is 2.71 bits per heavy atom. The van der Waals surface area contributed by atoms with Gasteiger partial charge in [-0.25, -0.2) is 4.98 Å². The molecule has 118 valence electrons. The van der Waals surface area contributed by atoms with Gasteiger partial charge in [-0.2, -0.15) is 0 Å². The quantitative estimate of drug-likeness (QED) is 0.902. The molecule has 2 heterocycles. The van der Waals surface area contributed by atoms with Crippen molar-refractivity contribution in [2.75, 3.05) is 31.6 Å². The Hall–Kier alpha value is -1.13. The number of likely N-dealkylation sites (N-methyl/N-ethyl adjacent to an activating group) is 1. The van der Waals surface area contributed by atoms with Gasteiger partial charge in [0.05, 0.1) is 0 Å². The van der Waals surface area contributed by atoms with Crippen LogP contribution in [0.5, 0.6) is 0 Å². The number of aryl methyl sites for hydroxylation is 1. The summed E-state index contributed by atoms with van der Waals surface area (Å²) in [5.41, 5.74) is 2.45. The lowest BCUT2D eigenvalue weighted by atomic mass is 10.1. The van der Waals surface area contributed by atoms with E-state index >= 15 is 0 Å². The summed E-state index contributed by atoms with van der Waals surface area (Å²) in [7, 11) is 2.23. The van der Waals surface area contributed by atoms with Gasteiger partial charge < -0.3 is 10.2 Å². The van der Waals surface area contributed by atoms with Gasteiger partial charge in [-0.1, -0.05) is 26.8 Å². The number of nitrogens with zero attached hydrogens (tertiary/aromatic N) is 3. The van der Waals surface area contributed by atoms with Gasteiger partial charge in [0.1, 0.15) is 5.82 Å². The van der Waals surface area contributed by atoms with Crippen LogP contribution in [0.15, 0.2) is 12.1 Å². The van der Waals surface area contributed by atoms with Gasteiger partial charge >= 0.3 is 0 Å². The molecule has 1 unspecified atom stereocenters. The summed E-state index contributed by atoms with van der Waals surface area (Å²) in [4.78, 5) is 9.73. The minimum absolute atomic E-state index is 0.507. The lowest BCUT2D eigenvalue weighted by Gasteiger charge is -2.39. The molecule has 1 fully saturated rings. The summed E-state index contributed by atoms with van der Waals surface area (Å²) in [5, 5.41) is 3.46. The number of piperazine rings is 1. The molecule has 4 heteroatoms. The first kappa shape index (κ1) is 16.2. The zero-order chi connectivity index (χ0) is 15.4. The van der Waals surface area contributed by atoms with Gasteiger partial charge in [0, 0.05) is 44.0 Å². The third-order valence-corrected chi connectivity index (χ3v) is 4.45. The SMILES string of the molecule is CCC1CN(c2ccc(CNC(C)C)c(C)n2)CCN1C. The van der Waals surface area contributed by atoms with Gasteiger partial charge in [0.2, 0.25) is 0 Å². The molecule has 1 saturated heterocycles. The lowest BCUT2D eigenvalue weighted by molar-refractivity contribution is 0.213. The van der Waals surface area contributed by atoms with Gasteiger partial charge in [0.25, 0.3) is 0 Å². The van der Waals surface area contributed by atoms with E-state index in [1.54, 1.807) is 0 Å². The zero-order valence-corrected chi connectivity index (χ0v) is 14.2. The van der Waals surface area contributed by atoms with Gasteiger partial charge in [0.15, 0.2) is 0 Å². The summed E-state index contributed by atoms with van der Waals surface area (Å²) in [6, 6.07) is 5.56. The number of nitrogens with one attached hydrogen (secondary N) is 1. The van der Waals surface area contributed by atoms with Crippen molar-refractivity contribution in [3.05, 3.63) is 23.4 Å². The van der Waals surface area contributed by atoms with E-state index in [4.69, 9.17) is 4.98 Å².